The zero-order valence-electron chi connectivity index (χ0n) is 21.4. The van der Waals surface area contributed by atoms with Crippen LogP contribution in [0.2, 0.25) is 0 Å². The molecular weight excluding hydrogens is 476 g/mol. The van der Waals surface area contributed by atoms with Crippen LogP contribution < -0.4 is 9.13 Å². The van der Waals surface area contributed by atoms with Crippen LogP contribution in [0.3, 0.4) is 0 Å². The Morgan fingerprint density at radius 1 is 0.615 bits per heavy atom. The lowest BCUT2D eigenvalue weighted by Crippen LogP contribution is -2.71. The number of nitrogens with zero attached hydrogens (tertiary/aromatic N) is 2. The standard InChI is InChI=1S/C36H24N2O/c1-23-21-32-27-14-5-7-15-29(27)36(38(32)22-28(23)24-11-3-2-4-12-24)30-19-18-26-25-13-6-8-17-33(25)39-35(26)34(30)31-16-9-10-20-37(31)36/h2-22H,1H3/q+2. The van der Waals surface area contributed by atoms with Gasteiger partial charge in [0.2, 0.25) is 11.4 Å². The van der Waals surface area contributed by atoms with Crippen molar-refractivity contribution < 1.29 is 13.6 Å². The molecule has 3 aromatic heterocycles. The minimum Gasteiger partial charge on any atom is -0.455 e. The summed E-state index contributed by atoms with van der Waals surface area (Å²) >= 11 is 0. The second-order valence-electron chi connectivity index (χ2n) is 10.6. The summed E-state index contributed by atoms with van der Waals surface area (Å²) in [7, 11) is 0. The van der Waals surface area contributed by atoms with E-state index in [1.807, 2.05) is 6.07 Å². The zero-order chi connectivity index (χ0) is 25.7. The van der Waals surface area contributed by atoms with E-state index in [4.69, 9.17) is 4.42 Å². The summed E-state index contributed by atoms with van der Waals surface area (Å²) < 4.78 is 11.6. The van der Waals surface area contributed by atoms with Gasteiger partial charge in [-0.15, -0.1) is 9.13 Å². The number of hydrogen-bond donors (Lipinski definition) is 0. The smallest absolute Gasteiger partial charge is 0.417 e. The maximum atomic E-state index is 6.62. The van der Waals surface area contributed by atoms with Crippen LogP contribution in [-0.4, -0.2) is 0 Å². The van der Waals surface area contributed by atoms with Crippen molar-refractivity contribution in [1.82, 2.24) is 0 Å². The summed E-state index contributed by atoms with van der Waals surface area (Å²) in [4.78, 5) is 0. The molecule has 0 aliphatic carbocycles. The number of hydrogen-bond acceptors (Lipinski definition) is 1. The zero-order valence-corrected chi connectivity index (χ0v) is 21.4. The van der Waals surface area contributed by atoms with Gasteiger partial charge in [0, 0.05) is 34.5 Å². The van der Waals surface area contributed by atoms with Crippen molar-refractivity contribution in [1.29, 1.82) is 0 Å². The van der Waals surface area contributed by atoms with Gasteiger partial charge in [0.1, 0.15) is 27.9 Å². The van der Waals surface area contributed by atoms with E-state index in [2.05, 4.69) is 138 Å². The molecule has 182 valence electrons. The number of rotatable bonds is 1. The first-order valence-corrected chi connectivity index (χ1v) is 13.4. The normalized spacial score (nSPS) is 16.4. The molecule has 0 saturated carbocycles. The summed E-state index contributed by atoms with van der Waals surface area (Å²) in [6, 6.07) is 41.4. The Bertz CT molecular complexity index is 2140. The largest absolute Gasteiger partial charge is 0.455 e. The van der Waals surface area contributed by atoms with E-state index < -0.39 is 5.66 Å². The predicted octanol–water partition coefficient (Wildman–Crippen LogP) is 7.39. The van der Waals surface area contributed by atoms with Gasteiger partial charge in [0.25, 0.3) is 0 Å². The number of pyridine rings is 2. The van der Waals surface area contributed by atoms with E-state index in [0.29, 0.717) is 0 Å². The molecule has 1 unspecified atom stereocenters. The molecule has 0 N–H and O–H groups in total. The van der Waals surface area contributed by atoms with Crippen LogP contribution in [0.15, 0.2) is 132 Å². The van der Waals surface area contributed by atoms with Gasteiger partial charge in [-0.2, -0.15) is 0 Å². The van der Waals surface area contributed by atoms with Crippen molar-refractivity contribution in [2.75, 3.05) is 0 Å². The molecule has 2 aliphatic rings. The lowest BCUT2D eigenvalue weighted by atomic mass is 9.89. The average Bonchev–Trinajstić information content (AvgIpc) is 3.61. The molecule has 7 aromatic rings. The first-order valence-electron chi connectivity index (χ1n) is 13.4. The SMILES string of the molecule is Cc1cc2[n+](cc1-c1ccccc1)C1(c3ccccc3-2)c2ccc3c(oc4ccccc43)c2-c2cccc[n+]21. The van der Waals surface area contributed by atoms with E-state index >= 15 is 0 Å². The predicted molar refractivity (Wildman–Crippen MR) is 153 cm³/mol. The van der Waals surface area contributed by atoms with Gasteiger partial charge in [-0.3, -0.25) is 0 Å². The van der Waals surface area contributed by atoms with Crippen LogP contribution >= 0.6 is 0 Å². The van der Waals surface area contributed by atoms with E-state index in [-0.39, 0.29) is 0 Å². The Morgan fingerprint density at radius 2 is 1.41 bits per heavy atom. The van der Waals surface area contributed by atoms with Crippen LogP contribution in [0.5, 0.6) is 0 Å². The Hall–Kier alpha value is -5.02. The molecule has 0 saturated heterocycles. The third kappa shape index (κ3) is 2.48. The van der Waals surface area contributed by atoms with Crippen molar-refractivity contribution in [2.45, 2.75) is 12.6 Å². The van der Waals surface area contributed by atoms with Crippen molar-refractivity contribution in [3.05, 3.63) is 144 Å². The Labute approximate surface area is 225 Å². The summed E-state index contributed by atoms with van der Waals surface area (Å²) in [6.07, 6.45) is 4.59. The number of fused-ring (bicyclic) bond motifs is 14. The Morgan fingerprint density at radius 3 is 2.33 bits per heavy atom. The minimum absolute atomic E-state index is 0.567. The molecule has 1 atom stereocenters. The molecule has 0 bridgehead atoms. The van der Waals surface area contributed by atoms with Gasteiger partial charge in [-0.05, 0) is 54.4 Å². The van der Waals surface area contributed by atoms with Crippen molar-refractivity contribution in [3.8, 4) is 33.6 Å². The highest BCUT2D eigenvalue weighted by Gasteiger charge is 2.67. The first kappa shape index (κ1) is 21.0. The highest BCUT2D eigenvalue weighted by Crippen LogP contribution is 2.50. The third-order valence-electron chi connectivity index (χ3n) is 8.69. The molecule has 39 heavy (non-hydrogen) atoms. The number of aromatic nitrogens is 2. The maximum absolute atomic E-state index is 6.62. The molecule has 9 rings (SSSR count). The fourth-order valence-corrected chi connectivity index (χ4v) is 7.10. The minimum atomic E-state index is -0.567. The summed E-state index contributed by atoms with van der Waals surface area (Å²) in [5.74, 6) is 0. The van der Waals surface area contributed by atoms with E-state index in [9.17, 15) is 0 Å². The summed E-state index contributed by atoms with van der Waals surface area (Å²) in [6.45, 7) is 2.22. The number of furan rings is 1. The van der Waals surface area contributed by atoms with E-state index in [0.717, 1.165) is 27.6 Å². The molecular formula is C36H24N2O+2. The summed E-state index contributed by atoms with van der Waals surface area (Å²) in [5, 5.41) is 2.31. The number of benzene rings is 4. The molecule has 3 heteroatoms. The summed E-state index contributed by atoms with van der Waals surface area (Å²) in [5.41, 5.74) is 12.4. The van der Waals surface area contributed by atoms with E-state index in [1.54, 1.807) is 0 Å². The Balaban J connectivity index is 1.47. The lowest BCUT2D eigenvalue weighted by molar-refractivity contribution is -0.954. The van der Waals surface area contributed by atoms with Crippen LogP contribution in [0, 0.1) is 6.92 Å². The van der Waals surface area contributed by atoms with Gasteiger partial charge in [-0.25, -0.2) is 0 Å². The van der Waals surface area contributed by atoms with Crippen LogP contribution in [0.25, 0.3) is 55.6 Å². The quantitative estimate of drug-likeness (QED) is 0.215. The topological polar surface area (TPSA) is 20.9 Å². The van der Waals surface area contributed by atoms with Crippen LogP contribution in [-0.2, 0) is 5.66 Å². The number of aryl methyl sites for hydroxylation is 1. The molecule has 1 spiro atoms. The Kier molecular flexibility index (Phi) is 3.92. The molecule has 3 nitrogen and oxygen atoms in total. The van der Waals surface area contributed by atoms with Gasteiger partial charge < -0.3 is 4.42 Å². The fourth-order valence-electron chi connectivity index (χ4n) is 7.10. The molecule has 0 radical (unpaired) electrons. The first-order chi connectivity index (χ1) is 19.3. The maximum Gasteiger partial charge on any atom is 0.417 e. The van der Waals surface area contributed by atoms with Crippen LogP contribution in [0.4, 0.5) is 0 Å². The average molecular weight is 501 g/mol. The van der Waals surface area contributed by atoms with Crippen molar-refractivity contribution >= 4 is 21.9 Å². The molecule has 2 aliphatic heterocycles. The molecule has 4 aromatic carbocycles. The van der Waals surface area contributed by atoms with Crippen molar-refractivity contribution in [3.63, 3.8) is 0 Å². The van der Waals surface area contributed by atoms with Gasteiger partial charge in [0.05, 0.1) is 5.56 Å². The molecule has 0 amide bonds. The van der Waals surface area contributed by atoms with Gasteiger partial charge >= 0.3 is 5.66 Å². The third-order valence-corrected chi connectivity index (χ3v) is 8.69. The molecule has 5 heterocycles. The molecule has 0 fully saturated rings. The van der Waals surface area contributed by atoms with E-state index in [1.165, 1.54) is 44.6 Å². The highest BCUT2D eigenvalue weighted by molar-refractivity contribution is 6.10. The lowest BCUT2D eigenvalue weighted by Gasteiger charge is -2.18. The van der Waals surface area contributed by atoms with Crippen LogP contribution in [0.1, 0.15) is 16.7 Å². The fraction of sp³-hybridized carbons (Fsp3) is 0.0556. The second-order valence-corrected chi connectivity index (χ2v) is 10.6. The van der Waals surface area contributed by atoms with Gasteiger partial charge in [-0.1, -0.05) is 60.7 Å². The highest BCUT2D eigenvalue weighted by atomic mass is 16.3. The number of para-hydroxylation sites is 1. The van der Waals surface area contributed by atoms with Gasteiger partial charge in [0.15, 0.2) is 12.4 Å². The monoisotopic (exact) mass is 500 g/mol. The second kappa shape index (κ2) is 7.30. The van der Waals surface area contributed by atoms with Crippen molar-refractivity contribution in [2.24, 2.45) is 0 Å².